The molecule has 0 radical (unpaired) electrons. The fourth-order valence-corrected chi connectivity index (χ4v) is 1.76. The van der Waals surface area contributed by atoms with Crippen LogP contribution >= 0.6 is 0 Å². The number of hydrogen-bond donors (Lipinski definition) is 2. The van der Waals surface area contributed by atoms with Crippen LogP contribution in [-0.2, 0) is 4.79 Å². The Labute approximate surface area is 110 Å². The Balaban J connectivity index is 2.51. The van der Waals surface area contributed by atoms with E-state index in [4.69, 9.17) is 5.11 Å². The Kier molecular flexibility index (Phi) is 3.35. The van der Waals surface area contributed by atoms with E-state index in [-0.39, 0.29) is 11.3 Å². The lowest BCUT2D eigenvalue weighted by molar-refractivity contribution is -0.167. The highest BCUT2D eigenvalue weighted by molar-refractivity contribution is 6.07. The molecule has 104 valence electrons. The zero-order chi connectivity index (χ0) is 14.9. The first-order chi connectivity index (χ1) is 9.29. The molecule has 2 aromatic rings. The molecule has 20 heavy (non-hydrogen) atoms. The van der Waals surface area contributed by atoms with Crippen molar-refractivity contribution in [3.05, 3.63) is 42.0 Å². The molecule has 0 saturated heterocycles. The van der Waals surface area contributed by atoms with E-state index in [1.807, 2.05) is 0 Å². The van der Waals surface area contributed by atoms with Crippen molar-refractivity contribution >= 4 is 28.3 Å². The molecule has 0 aliphatic rings. The van der Waals surface area contributed by atoms with Crippen LogP contribution in [0.2, 0.25) is 0 Å². The quantitative estimate of drug-likeness (QED) is 0.890. The molecule has 0 fully saturated rings. The summed E-state index contributed by atoms with van der Waals surface area (Å²) in [6.45, 7) is 0. The van der Waals surface area contributed by atoms with Crippen LogP contribution in [-0.4, -0.2) is 23.2 Å². The number of alkyl halides is 3. The van der Waals surface area contributed by atoms with Gasteiger partial charge in [0, 0.05) is 5.69 Å². The standard InChI is InChI=1S/C13H8F3NO3/c14-13(15,16)12(20)17-8-5-7-3-1-2-4-9(7)10(6-8)11(18)19/h1-6H,(H,17,20)(H,18,19). The van der Waals surface area contributed by atoms with Crippen molar-refractivity contribution in [2.24, 2.45) is 0 Å². The van der Waals surface area contributed by atoms with Crippen molar-refractivity contribution in [3.63, 3.8) is 0 Å². The fourth-order valence-electron chi connectivity index (χ4n) is 1.76. The molecule has 0 spiro atoms. The van der Waals surface area contributed by atoms with Crippen molar-refractivity contribution < 1.29 is 27.9 Å². The molecule has 2 rings (SSSR count). The van der Waals surface area contributed by atoms with Gasteiger partial charge in [-0.2, -0.15) is 13.2 Å². The van der Waals surface area contributed by atoms with E-state index >= 15 is 0 Å². The van der Waals surface area contributed by atoms with Gasteiger partial charge in [-0.25, -0.2) is 4.79 Å². The Hall–Kier alpha value is -2.57. The van der Waals surface area contributed by atoms with Crippen LogP contribution in [0.3, 0.4) is 0 Å². The highest BCUT2D eigenvalue weighted by Gasteiger charge is 2.38. The molecule has 2 N–H and O–H groups in total. The third-order valence-corrected chi connectivity index (χ3v) is 2.61. The maximum Gasteiger partial charge on any atom is 0.471 e. The lowest BCUT2D eigenvalue weighted by atomic mass is 10.0. The summed E-state index contributed by atoms with van der Waals surface area (Å²) in [6.07, 6.45) is -5.03. The van der Waals surface area contributed by atoms with E-state index in [1.165, 1.54) is 12.1 Å². The molecule has 0 aliphatic carbocycles. The number of carboxylic acids is 1. The number of amides is 1. The zero-order valence-corrected chi connectivity index (χ0v) is 9.86. The summed E-state index contributed by atoms with van der Waals surface area (Å²) < 4.78 is 36.5. The Morgan fingerprint density at radius 2 is 1.75 bits per heavy atom. The summed E-state index contributed by atoms with van der Waals surface area (Å²) in [4.78, 5) is 22.0. The van der Waals surface area contributed by atoms with E-state index in [0.29, 0.717) is 10.8 Å². The van der Waals surface area contributed by atoms with Gasteiger partial charge in [0.25, 0.3) is 0 Å². The number of rotatable bonds is 2. The third-order valence-electron chi connectivity index (χ3n) is 2.61. The first-order valence-electron chi connectivity index (χ1n) is 5.43. The third kappa shape index (κ3) is 2.71. The molecule has 1 amide bonds. The molecule has 0 bridgehead atoms. The second-order valence-corrected chi connectivity index (χ2v) is 4.00. The van der Waals surface area contributed by atoms with Crippen molar-refractivity contribution in [2.45, 2.75) is 6.18 Å². The molecule has 0 heterocycles. The molecule has 0 aliphatic heterocycles. The number of hydrogen-bond acceptors (Lipinski definition) is 2. The second-order valence-electron chi connectivity index (χ2n) is 4.00. The first kappa shape index (κ1) is 13.9. The maximum absolute atomic E-state index is 12.2. The maximum atomic E-state index is 12.2. The first-order valence-corrected chi connectivity index (χ1v) is 5.43. The van der Waals surface area contributed by atoms with Gasteiger partial charge >= 0.3 is 18.1 Å². The number of halogens is 3. The van der Waals surface area contributed by atoms with Gasteiger partial charge in [-0.15, -0.1) is 0 Å². The average Bonchev–Trinajstić information content (AvgIpc) is 2.36. The lowest BCUT2D eigenvalue weighted by Gasteiger charge is -2.10. The number of aromatic carboxylic acids is 1. The average molecular weight is 283 g/mol. The molecule has 4 nitrogen and oxygen atoms in total. The monoisotopic (exact) mass is 283 g/mol. The van der Waals surface area contributed by atoms with Crippen LogP contribution in [0.4, 0.5) is 18.9 Å². The number of carbonyl (C=O) groups excluding carboxylic acids is 1. The summed E-state index contributed by atoms with van der Waals surface area (Å²) in [5.74, 6) is -3.44. The smallest absolute Gasteiger partial charge is 0.471 e. The van der Waals surface area contributed by atoms with Gasteiger partial charge in [0.1, 0.15) is 0 Å². The van der Waals surface area contributed by atoms with E-state index in [9.17, 15) is 22.8 Å². The Morgan fingerprint density at radius 1 is 1.10 bits per heavy atom. The number of fused-ring (bicyclic) bond motifs is 1. The lowest BCUT2D eigenvalue weighted by Crippen LogP contribution is -2.30. The molecular formula is C13H8F3NO3. The molecule has 0 atom stereocenters. The number of nitrogens with one attached hydrogen (secondary N) is 1. The summed E-state index contributed by atoms with van der Waals surface area (Å²) in [7, 11) is 0. The summed E-state index contributed by atoms with van der Waals surface area (Å²) in [6, 6.07) is 8.59. The van der Waals surface area contributed by atoms with Crippen LogP contribution in [0.25, 0.3) is 10.8 Å². The van der Waals surface area contributed by atoms with E-state index in [2.05, 4.69) is 0 Å². The highest BCUT2D eigenvalue weighted by atomic mass is 19.4. The van der Waals surface area contributed by atoms with Crippen molar-refractivity contribution in [1.82, 2.24) is 0 Å². The Bertz CT molecular complexity index is 695. The predicted octanol–water partition coefficient (Wildman–Crippen LogP) is 3.04. The number of carbonyl (C=O) groups is 2. The van der Waals surface area contributed by atoms with Gasteiger partial charge in [-0.05, 0) is 22.9 Å². The topological polar surface area (TPSA) is 66.4 Å². The molecular weight excluding hydrogens is 275 g/mol. The van der Waals surface area contributed by atoms with E-state index < -0.39 is 18.1 Å². The summed E-state index contributed by atoms with van der Waals surface area (Å²) in [5, 5.41) is 11.5. The largest absolute Gasteiger partial charge is 0.478 e. The summed E-state index contributed by atoms with van der Waals surface area (Å²) >= 11 is 0. The minimum Gasteiger partial charge on any atom is -0.478 e. The van der Waals surface area contributed by atoms with Gasteiger partial charge in [-0.3, -0.25) is 4.79 Å². The van der Waals surface area contributed by atoms with Gasteiger partial charge in [0.05, 0.1) is 5.56 Å². The van der Waals surface area contributed by atoms with Crippen molar-refractivity contribution in [3.8, 4) is 0 Å². The normalized spacial score (nSPS) is 11.3. The minimum absolute atomic E-state index is 0.180. The zero-order valence-electron chi connectivity index (χ0n) is 9.86. The molecule has 0 unspecified atom stereocenters. The number of carboxylic acid groups (broad SMARTS) is 1. The summed E-state index contributed by atoms with van der Waals surface area (Å²) in [5.41, 5.74) is -0.399. The highest BCUT2D eigenvalue weighted by Crippen LogP contribution is 2.25. The molecule has 7 heteroatoms. The van der Waals surface area contributed by atoms with Gasteiger partial charge < -0.3 is 10.4 Å². The van der Waals surface area contributed by atoms with Crippen LogP contribution in [0.5, 0.6) is 0 Å². The Morgan fingerprint density at radius 3 is 2.35 bits per heavy atom. The van der Waals surface area contributed by atoms with Crippen molar-refractivity contribution in [2.75, 3.05) is 5.32 Å². The minimum atomic E-state index is -5.03. The second kappa shape index (κ2) is 4.84. The molecule has 0 aromatic heterocycles. The molecule has 2 aromatic carbocycles. The SMILES string of the molecule is O=C(O)c1cc(NC(=O)C(F)(F)F)cc2ccccc12. The van der Waals surface area contributed by atoms with Crippen molar-refractivity contribution in [1.29, 1.82) is 0 Å². The fraction of sp³-hybridized carbons (Fsp3) is 0.0769. The van der Waals surface area contributed by atoms with E-state index in [1.54, 1.807) is 23.5 Å². The predicted molar refractivity (Wildman–Crippen MR) is 65.6 cm³/mol. The van der Waals surface area contributed by atoms with Gasteiger partial charge in [-0.1, -0.05) is 24.3 Å². The van der Waals surface area contributed by atoms with Crippen LogP contribution < -0.4 is 5.32 Å². The van der Waals surface area contributed by atoms with E-state index in [0.717, 1.165) is 6.07 Å². The van der Waals surface area contributed by atoms with Crippen LogP contribution in [0, 0.1) is 0 Å². The number of anilines is 1. The molecule has 0 saturated carbocycles. The number of benzene rings is 2. The van der Waals surface area contributed by atoms with Gasteiger partial charge in [0.15, 0.2) is 0 Å². The van der Waals surface area contributed by atoms with Gasteiger partial charge in [0.2, 0.25) is 0 Å². The van der Waals surface area contributed by atoms with Crippen LogP contribution in [0.1, 0.15) is 10.4 Å². The van der Waals surface area contributed by atoms with Crippen LogP contribution in [0.15, 0.2) is 36.4 Å².